The van der Waals surface area contributed by atoms with Crippen molar-refractivity contribution < 1.29 is 14.4 Å². The highest BCUT2D eigenvalue weighted by atomic mass is 35.5. The van der Waals surface area contributed by atoms with Crippen LogP contribution in [0.15, 0.2) is 23.4 Å². The van der Waals surface area contributed by atoms with Crippen LogP contribution in [0.3, 0.4) is 0 Å². The van der Waals surface area contributed by atoms with Crippen molar-refractivity contribution in [3.05, 3.63) is 34.6 Å². The molecule has 1 amide bonds. The van der Waals surface area contributed by atoms with Gasteiger partial charge in [-0.3, -0.25) is 4.79 Å². The van der Waals surface area contributed by atoms with Crippen molar-refractivity contribution in [3.8, 4) is 0 Å². The van der Waals surface area contributed by atoms with E-state index in [1.807, 2.05) is 0 Å². The summed E-state index contributed by atoms with van der Waals surface area (Å²) in [5.74, 6) is -1.10. The molecule has 1 unspecified atom stereocenters. The summed E-state index contributed by atoms with van der Waals surface area (Å²) in [4.78, 5) is 11.8. The fraction of sp³-hybridized carbons (Fsp3) is 0.333. The smallest absolute Gasteiger partial charge is 0.225 e. The van der Waals surface area contributed by atoms with Crippen LogP contribution in [0.5, 0.6) is 0 Å². The maximum Gasteiger partial charge on any atom is 0.225 e. The summed E-state index contributed by atoms with van der Waals surface area (Å²) in [6.45, 7) is 1.76. The largest absolute Gasteiger partial charge is 0.409 e. The Kier molecular flexibility index (Phi) is 5.57. The van der Waals surface area contributed by atoms with Crippen molar-refractivity contribution in [2.75, 3.05) is 0 Å². The van der Waals surface area contributed by atoms with Crippen molar-refractivity contribution in [3.63, 3.8) is 0 Å². The molecule has 104 valence electrons. The Morgan fingerprint density at radius 1 is 1.63 bits per heavy atom. The van der Waals surface area contributed by atoms with E-state index in [4.69, 9.17) is 22.5 Å². The molecule has 1 aromatic carbocycles. The molecule has 7 heteroatoms. The van der Waals surface area contributed by atoms with E-state index < -0.39 is 17.8 Å². The number of halogens is 2. The molecule has 19 heavy (non-hydrogen) atoms. The molecule has 4 N–H and O–H groups in total. The minimum absolute atomic E-state index is 0.101. The molecular weight excluding hydrogens is 273 g/mol. The standard InChI is InChI=1S/C12H15ClFN3O2/c1-2-10(12(15)17-19)16-11(18)6-7-8(13)4-3-5-9(7)14/h3-5,10,19H,2,6H2,1H3,(H2,15,17)(H,16,18). The molecular formula is C12H15ClFN3O2. The van der Waals surface area contributed by atoms with Crippen molar-refractivity contribution >= 4 is 23.3 Å². The highest BCUT2D eigenvalue weighted by Crippen LogP contribution is 2.19. The average Bonchev–Trinajstić information content (AvgIpc) is 2.39. The third-order valence-corrected chi connectivity index (χ3v) is 2.97. The summed E-state index contributed by atoms with van der Waals surface area (Å²) >= 11 is 5.83. The van der Waals surface area contributed by atoms with E-state index in [1.54, 1.807) is 6.92 Å². The molecule has 0 aliphatic rings. The van der Waals surface area contributed by atoms with Gasteiger partial charge in [0.15, 0.2) is 5.84 Å². The maximum atomic E-state index is 13.5. The number of hydrogen-bond donors (Lipinski definition) is 3. The van der Waals surface area contributed by atoms with E-state index in [0.717, 1.165) is 0 Å². The summed E-state index contributed by atoms with van der Waals surface area (Å²) in [6, 6.07) is 3.61. The van der Waals surface area contributed by atoms with Gasteiger partial charge in [0, 0.05) is 10.6 Å². The Balaban J connectivity index is 2.75. The van der Waals surface area contributed by atoms with E-state index in [1.165, 1.54) is 18.2 Å². The molecule has 0 aliphatic heterocycles. The van der Waals surface area contributed by atoms with Gasteiger partial charge in [-0.05, 0) is 18.6 Å². The molecule has 0 heterocycles. The third-order valence-electron chi connectivity index (χ3n) is 2.61. The van der Waals surface area contributed by atoms with Gasteiger partial charge in [-0.2, -0.15) is 0 Å². The van der Waals surface area contributed by atoms with Gasteiger partial charge in [-0.1, -0.05) is 29.7 Å². The molecule has 1 atom stereocenters. The first kappa shape index (κ1) is 15.2. The van der Waals surface area contributed by atoms with Crippen molar-refractivity contribution in [2.45, 2.75) is 25.8 Å². The average molecular weight is 288 g/mol. The number of hydrogen-bond acceptors (Lipinski definition) is 3. The molecule has 0 saturated heterocycles. The molecule has 0 radical (unpaired) electrons. The number of amides is 1. The van der Waals surface area contributed by atoms with Crippen molar-refractivity contribution in [2.24, 2.45) is 10.9 Å². The quantitative estimate of drug-likeness (QED) is 0.333. The van der Waals surface area contributed by atoms with Gasteiger partial charge in [0.05, 0.1) is 12.5 Å². The van der Waals surface area contributed by atoms with E-state index >= 15 is 0 Å². The van der Waals surface area contributed by atoms with Gasteiger partial charge in [-0.15, -0.1) is 0 Å². The lowest BCUT2D eigenvalue weighted by Crippen LogP contribution is -2.44. The highest BCUT2D eigenvalue weighted by molar-refractivity contribution is 6.31. The molecule has 0 bridgehead atoms. The molecule has 0 spiro atoms. The number of nitrogens with one attached hydrogen (secondary N) is 1. The zero-order valence-corrected chi connectivity index (χ0v) is 11.1. The molecule has 1 rings (SSSR count). The maximum absolute atomic E-state index is 13.5. The molecule has 5 nitrogen and oxygen atoms in total. The monoisotopic (exact) mass is 287 g/mol. The number of benzene rings is 1. The minimum Gasteiger partial charge on any atom is -0.409 e. The van der Waals surface area contributed by atoms with Gasteiger partial charge >= 0.3 is 0 Å². The van der Waals surface area contributed by atoms with Gasteiger partial charge in [0.2, 0.25) is 5.91 Å². The van der Waals surface area contributed by atoms with E-state index in [0.29, 0.717) is 6.42 Å². The third kappa shape index (κ3) is 4.10. The van der Waals surface area contributed by atoms with Gasteiger partial charge in [-0.25, -0.2) is 4.39 Å². The molecule has 0 aliphatic carbocycles. The summed E-state index contributed by atoms with van der Waals surface area (Å²) in [7, 11) is 0. The first-order valence-electron chi connectivity index (χ1n) is 5.69. The lowest BCUT2D eigenvalue weighted by Gasteiger charge is -2.15. The van der Waals surface area contributed by atoms with Crippen LogP contribution in [0.25, 0.3) is 0 Å². The minimum atomic E-state index is -0.594. The normalized spacial score (nSPS) is 13.1. The number of oxime groups is 1. The van der Waals surface area contributed by atoms with Crippen LogP contribution < -0.4 is 11.1 Å². The fourth-order valence-electron chi connectivity index (χ4n) is 1.56. The van der Waals surface area contributed by atoms with Crippen LogP contribution >= 0.6 is 11.6 Å². The first-order chi connectivity index (χ1) is 8.99. The second-order valence-electron chi connectivity index (χ2n) is 3.93. The number of carbonyl (C=O) groups is 1. The Morgan fingerprint density at radius 2 is 2.32 bits per heavy atom. The van der Waals surface area contributed by atoms with E-state index in [9.17, 15) is 9.18 Å². The number of nitrogens with two attached hydrogens (primary N) is 1. The van der Waals surface area contributed by atoms with E-state index in [2.05, 4.69) is 10.5 Å². The SMILES string of the molecule is CCC(NC(=O)Cc1c(F)cccc1Cl)/C(N)=N/O. The van der Waals surface area contributed by atoms with Crippen LogP contribution in [-0.4, -0.2) is 23.0 Å². The Hall–Kier alpha value is -1.82. The topological polar surface area (TPSA) is 87.7 Å². The van der Waals surface area contributed by atoms with Crippen LogP contribution in [0.4, 0.5) is 4.39 Å². The zero-order valence-electron chi connectivity index (χ0n) is 10.4. The van der Waals surface area contributed by atoms with Crippen LogP contribution in [-0.2, 0) is 11.2 Å². The molecule has 0 aromatic heterocycles. The van der Waals surface area contributed by atoms with Crippen molar-refractivity contribution in [1.29, 1.82) is 0 Å². The summed E-state index contributed by atoms with van der Waals surface area (Å²) in [5.41, 5.74) is 5.54. The van der Waals surface area contributed by atoms with Gasteiger partial charge in [0.25, 0.3) is 0 Å². The molecule has 0 fully saturated rings. The van der Waals surface area contributed by atoms with Crippen LogP contribution in [0, 0.1) is 5.82 Å². The summed E-state index contributed by atoms with van der Waals surface area (Å²) in [5, 5.41) is 14.1. The first-order valence-corrected chi connectivity index (χ1v) is 6.07. The van der Waals surface area contributed by atoms with Gasteiger partial charge < -0.3 is 16.3 Å². The lowest BCUT2D eigenvalue weighted by atomic mass is 10.1. The number of carbonyl (C=O) groups excluding carboxylic acids is 1. The second kappa shape index (κ2) is 6.94. The van der Waals surface area contributed by atoms with E-state index in [-0.39, 0.29) is 22.8 Å². The number of rotatable bonds is 5. The van der Waals surface area contributed by atoms with Crippen LogP contribution in [0.2, 0.25) is 5.02 Å². The predicted octanol–water partition coefficient (Wildman–Crippen LogP) is 1.66. The van der Waals surface area contributed by atoms with Crippen molar-refractivity contribution in [1.82, 2.24) is 5.32 Å². The van der Waals surface area contributed by atoms with Crippen LogP contribution in [0.1, 0.15) is 18.9 Å². The van der Waals surface area contributed by atoms with Gasteiger partial charge in [0.1, 0.15) is 5.82 Å². The number of amidine groups is 1. The fourth-order valence-corrected chi connectivity index (χ4v) is 1.79. The number of nitrogens with zero attached hydrogens (tertiary/aromatic N) is 1. The second-order valence-corrected chi connectivity index (χ2v) is 4.34. The Bertz CT molecular complexity index is 474. The lowest BCUT2D eigenvalue weighted by molar-refractivity contribution is -0.120. The Labute approximate surface area is 115 Å². The molecule has 1 aromatic rings. The molecule has 0 saturated carbocycles. The highest BCUT2D eigenvalue weighted by Gasteiger charge is 2.17. The predicted molar refractivity (Wildman–Crippen MR) is 70.7 cm³/mol. The Morgan fingerprint density at radius 3 is 2.84 bits per heavy atom. The zero-order chi connectivity index (χ0) is 14.4. The summed E-state index contributed by atoms with van der Waals surface area (Å²) in [6.07, 6.45) is 0.243. The summed E-state index contributed by atoms with van der Waals surface area (Å²) < 4.78 is 13.5.